The molecule has 0 atom stereocenters. The van der Waals surface area contributed by atoms with E-state index in [4.69, 9.17) is 9.72 Å². The van der Waals surface area contributed by atoms with E-state index in [1.165, 1.54) is 0 Å². The maximum Gasteiger partial charge on any atom is 0.231 e. The molecule has 6 heteroatoms. The van der Waals surface area contributed by atoms with E-state index in [9.17, 15) is 4.79 Å². The molecule has 0 bridgehead atoms. The predicted molar refractivity (Wildman–Crippen MR) is 120 cm³/mol. The third-order valence-electron chi connectivity index (χ3n) is 5.12. The Morgan fingerprint density at radius 2 is 1.70 bits per heavy atom. The van der Waals surface area contributed by atoms with Crippen LogP contribution in [0, 0.1) is 0 Å². The van der Waals surface area contributed by atoms with E-state index in [1.807, 2.05) is 54.3 Å². The Labute approximate surface area is 178 Å². The molecule has 2 heterocycles. The largest absolute Gasteiger partial charge is 0.477 e. The van der Waals surface area contributed by atoms with Gasteiger partial charge in [-0.2, -0.15) is 0 Å². The molecule has 0 N–H and O–H groups in total. The molecule has 0 aliphatic carbocycles. The van der Waals surface area contributed by atoms with E-state index in [2.05, 4.69) is 18.9 Å². The molecule has 0 aliphatic rings. The van der Waals surface area contributed by atoms with Gasteiger partial charge in [-0.25, -0.2) is 9.50 Å². The van der Waals surface area contributed by atoms with Crippen LogP contribution in [0.5, 0.6) is 5.88 Å². The van der Waals surface area contributed by atoms with Crippen LogP contribution in [0.15, 0.2) is 42.5 Å². The standard InChI is InChI=1S/C24H32N4O2/c1-4-7-16-27(17-8-5-2)23(29)18-20-24(19-12-10-9-11-13-19)25-21-14-15-22(30-6-3)26-28(20)21/h9-15H,4-8,16-18H2,1-3H3. The van der Waals surface area contributed by atoms with Gasteiger partial charge in [-0.05, 0) is 25.8 Å². The molecule has 0 spiro atoms. The molecule has 3 rings (SSSR count). The van der Waals surface area contributed by atoms with Crippen LogP contribution in [-0.2, 0) is 11.2 Å². The zero-order valence-corrected chi connectivity index (χ0v) is 18.3. The highest BCUT2D eigenvalue weighted by atomic mass is 16.5. The lowest BCUT2D eigenvalue weighted by atomic mass is 10.1. The first-order valence-corrected chi connectivity index (χ1v) is 11.0. The van der Waals surface area contributed by atoms with Crippen LogP contribution >= 0.6 is 0 Å². The Balaban J connectivity index is 2.00. The van der Waals surface area contributed by atoms with Gasteiger partial charge in [0.2, 0.25) is 11.8 Å². The first-order valence-electron chi connectivity index (χ1n) is 11.0. The first kappa shape index (κ1) is 21.8. The zero-order valence-electron chi connectivity index (χ0n) is 18.3. The summed E-state index contributed by atoms with van der Waals surface area (Å²) in [5.74, 6) is 0.657. The van der Waals surface area contributed by atoms with Crippen LogP contribution in [0.25, 0.3) is 16.9 Å². The van der Waals surface area contributed by atoms with Crippen LogP contribution in [-0.4, -0.2) is 45.1 Å². The Bertz CT molecular complexity index is 944. The Kier molecular flexibility index (Phi) is 7.82. The first-order chi connectivity index (χ1) is 14.7. The van der Waals surface area contributed by atoms with Gasteiger partial charge < -0.3 is 9.64 Å². The minimum atomic E-state index is 0.125. The molecular formula is C24H32N4O2. The van der Waals surface area contributed by atoms with Crippen molar-refractivity contribution < 1.29 is 9.53 Å². The second-order valence-corrected chi connectivity index (χ2v) is 7.41. The van der Waals surface area contributed by atoms with Gasteiger partial charge in [0.05, 0.1) is 24.4 Å². The van der Waals surface area contributed by atoms with Crippen LogP contribution < -0.4 is 4.74 Å². The molecule has 160 valence electrons. The summed E-state index contributed by atoms with van der Waals surface area (Å²) in [6.07, 6.45) is 4.43. The Morgan fingerprint density at radius 3 is 2.33 bits per heavy atom. The van der Waals surface area contributed by atoms with Gasteiger partial charge in [-0.15, -0.1) is 5.10 Å². The van der Waals surface area contributed by atoms with Crippen molar-refractivity contribution in [2.75, 3.05) is 19.7 Å². The molecule has 0 radical (unpaired) electrons. The summed E-state index contributed by atoms with van der Waals surface area (Å²) in [4.78, 5) is 20.1. The van der Waals surface area contributed by atoms with Crippen molar-refractivity contribution in [2.45, 2.75) is 52.9 Å². The number of fused-ring (bicyclic) bond motifs is 1. The van der Waals surface area contributed by atoms with Gasteiger partial charge in [-0.1, -0.05) is 57.0 Å². The van der Waals surface area contributed by atoms with Crippen molar-refractivity contribution in [1.82, 2.24) is 19.5 Å². The van der Waals surface area contributed by atoms with E-state index in [-0.39, 0.29) is 12.3 Å². The fourth-order valence-corrected chi connectivity index (χ4v) is 3.49. The maximum atomic E-state index is 13.3. The van der Waals surface area contributed by atoms with Crippen LogP contribution in [0.4, 0.5) is 0 Å². The molecule has 0 saturated heterocycles. The number of hydrogen-bond acceptors (Lipinski definition) is 4. The highest BCUT2D eigenvalue weighted by Gasteiger charge is 2.21. The van der Waals surface area contributed by atoms with Gasteiger partial charge in [-0.3, -0.25) is 4.79 Å². The molecule has 6 nitrogen and oxygen atoms in total. The summed E-state index contributed by atoms with van der Waals surface area (Å²) in [5, 5.41) is 4.61. The molecule has 3 aromatic rings. The minimum absolute atomic E-state index is 0.125. The third-order valence-corrected chi connectivity index (χ3v) is 5.12. The molecule has 0 aliphatic heterocycles. The number of ether oxygens (including phenoxy) is 1. The van der Waals surface area contributed by atoms with Crippen molar-refractivity contribution in [3.63, 3.8) is 0 Å². The Hall–Kier alpha value is -2.89. The number of rotatable bonds is 11. The topological polar surface area (TPSA) is 59.7 Å². The lowest BCUT2D eigenvalue weighted by molar-refractivity contribution is -0.130. The van der Waals surface area contributed by atoms with E-state index >= 15 is 0 Å². The van der Waals surface area contributed by atoms with Crippen LogP contribution in [0.2, 0.25) is 0 Å². The number of aromatic nitrogens is 3. The smallest absolute Gasteiger partial charge is 0.231 e. The van der Waals surface area contributed by atoms with Crippen molar-refractivity contribution in [3.8, 4) is 17.1 Å². The third kappa shape index (κ3) is 5.17. The van der Waals surface area contributed by atoms with Crippen molar-refractivity contribution >= 4 is 11.6 Å². The van der Waals surface area contributed by atoms with Gasteiger partial charge in [0.15, 0.2) is 5.65 Å². The molecule has 0 fully saturated rings. The monoisotopic (exact) mass is 408 g/mol. The number of imidazole rings is 1. The number of unbranched alkanes of at least 4 members (excludes halogenated alkanes) is 2. The van der Waals surface area contributed by atoms with Gasteiger partial charge >= 0.3 is 0 Å². The number of hydrogen-bond donors (Lipinski definition) is 0. The fraction of sp³-hybridized carbons (Fsp3) is 0.458. The summed E-state index contributed by atoms with van der Waals surface area (Å²) in [6.45, 7) is 8.36. The SMILES string of the molecule is CCCCN(CCCC)C(=O)Cc1c(-c2ccccc2)nc2ccc(OCC)nn12. The number of amides is 1. The normalized spacial score (nSPS) is 11.0. The van der Waals surface area contributed by atoms with E-state index in [0.29, 0.717) is 18.1 Å². The molecule has 0 saturated carbocycles. The number of carbonyl (C=O) groups is 1. The average molecular weight is 409 g/mol. The molecule has 0 unspecified atom stereocenters. The van der Waals surface area contributed by atoms with E-state index < -0.39 is 0 Å². The van der Waals surface area contributed by atoms with Crippen molar-refractivity contribution in [1.29, 1.82) is 0 Å². The van der Waals surface area contributed by atoms with Gasteiger partial charge in [0.25, 0.3) is 0 Å². The molecule has 1 aromatic carbocycles. The number of benzene rings is 1. The minimum Gasteiger partial charge on any atom is -0.477 e. The lowest BCUT2D eigenvalue weighted by Gasteiger charge is -2.22. The average Bonchev–Trinajstić information content (AvgIpc) is 3.12. The van der Waals surface area contributed by atoms with E-state index in [0.717, 1.165) is 55.7 Å². The second kappa shape index (κ2) is 10.8. The summed E-state index contributed by atoms with van der Waals surface area (Å²) in [5.41, 5.74) is 3.31. The van der Waals surface area contributed by atoms with Crippen molar-refractivity contribution in [3.05, 3.63) is 48.2 Å². The maximum absolute atomic E-state index is 13.3. The van der Waals surface area contributed by atoms with Crippen LogP contribution in [0.3, 0.4) is 0 Å². The molecule has 2 aromatic heterocycles. The summed E-state index contributed by atoms with van der Waals surface area (Å²) >= 11 is 0. The van der Waals surface area contributed by atoms with E-state index in [1.54, 1.807) is 4.52 Å². The highest BCUT2D eigenvalue weighted by Crippen LogP contribution is 2.26. The summed E-state index contributed by atoms with van der Waals surface area (Å²) in [7, 11) is 0. The highest BCUT2D eigenvalue weighted by molar-refractivity contribution is 5.81. The summed E-state index contributed by atoms with van der Waals surface area (Å²) < 4.78 is 7.35. The fourth-order valence-electron chi connectivity index (χ4n) is 3.49. The number of nitrogens with zero attached hydrogens (tertiary/aromatic N) is 4. The zero-order chi connectivity index (χ0) is 21.3. The second-order valence-electron chi connectivity index (χ2n) is 7.41. The van der Waals surface area contributed by atoms with Crippen LogP contribution in [0.1, 0.15) is 52.1 Å². The molecule has 1 amide bonds. The predicted octanol–water partition coefficient (Wildman–Crippen LogP) is 4.77. The lowest BCUT2D eigenvalue weighted by Crippen LogP contribution is -2.34. The molecule has 30 heavy (non-hydrogen) atoms. The summed E-state index contributed by atoms with van der Waals surface area (Å²) in [6, 6.07) is 13.7. The Morgan fingerprint density at radius 1 is 1.00 bits per heavy atom. The van der Waals surface area contributed by atoms with Crippen molar-refractivity contribution in [2.24, 2.45) is 0 Å². The van der Waals surface area contributed by atoms with Gasteiger partial charge in [0.1, 0.15) is 0 Å². The number of carbonyl (C=O) groups excluding carboxylic acids is 1. The van der Waals surface area contributed by atoms with Gasteiger partial charge in [0, 0.05) is 24.7 Å². The quantitative estimate of drug-likeness (QED) is 0.459. The molecular weight excluding hydrogens is 376 g/mol.